The number of nitrogens with zero attached hydrogens (tertiary/aromatic N) is 5. The first-order valence-corrected chi connectivity index (χ1v) is 21.6. The van der Waals surface area contributed by atoms with Gasteiger partial charge in [0.1, 0.15) is 0 Å². The molecule has 0 aliphatic rings. The number of nitrogens with one attached hydrogen (secondary N) is 7. The normalized spacial score (nSPS) is 12.2. The van der Waals surface area contributed by atoms with Gasteiger partial charge >= 0.3 is 0 Å². The van der Waals surface area contributed by atoms with Gasteiger partial charge in [-0.05, 0) is 0 Å². The molecule has 0 aliphatic carbocycles. The quantitative estimate of drug-likeness (QED) is 0.0255. The highest BCUT2D eigenvalue weighted by molar-refractivity contribution is 4.71. The molecule has 0 fully saturated rings. The van der Waals surface area contributed by atoms with Crippen LogP contribution in [0, 0.1) is 0 Å². The molecule has 19 nitrogen and oxygen atoms in total. The Bertz CT molecular complexity index is 731. The molecule has 0 aromatic rings. The van der Waals surface area contributed by atoms with Gasteiger partial charge in [-0.2, -0.15) is 0 Å². The molecule has 0 atom stereocenters. The maximum absolute atomic E-state index is 6.06. The first-order chi connectivity index (χ1) is 27.1. The second-order valence-corrected chi connectivity index (χ2v) is 14.0. The van der Waals surface area contributed by atoms with E-state index in [0.29, 0.717) is 45.8 Å². The summed E-state index contributed by atoms with van der Waals surface area (Å²) in [6, 6.07) is 0. The van der Waals surface area contributed by atoms with E-state index in [9.17, 15) is 0 Å². The van der Waals surface area contributed by atoms with Crippen LogP contribution in [0.1, 0.15) is 0 Å². The minimum absolute atomic E-state index is 0.655. The van der Waals surface area contributed by atoms with Gasteiger partial charge in [-0.25, -0.2) is 0 Å². The molecule has 0 bridgehead atoms. The zero-order chi connectivity index (χ0) is 40.3. The van der Waals surface area contributed by atoms with Crippen molar-refractivity contribution in [2.24, 2.45) is 40.1 Å². The SMILES string of the molecule is NCCNCCNCCN(CCN)CCNCCN(CCNCCN)CCN(CCN)CCNCCN(CCNCCN)CCN(CCN)CCNCCN. The van der Waals surface area contributed by atoms with Crippen molar-refractivity contribution < 1.29 is 0 Å². The Morgan fingerprint density at radius 1 is 0.182 bits per heavy atom. The summed E-state index contributed by atoms with van der Waals surface area (Å²) in [5.41, 5.74) is 40.5. The van der Waals surface area contributed by atoms with Crippen LogP contribution in [0.15, 0.2) is 0 Å². The molecule has 332 valence electrons. The second kappa shape index (κ2) is 44.3. The van der Waals surface area contributed by atoms with Crippen LogP contribution in [-0.4, -0.2) is 260 Å². The van der Waals surface area contributed by atoms with Crippen molar-refractivity contribution in [3.63, 3.8) is 0 Å². The van der Waals surface area contributed by atoms with E-state index in [4.69, 9.17) is 40.1 Å². The summed E-state index contributed by atoms with van der Waals surface area (Å²) in [7, 11) is 0. The highest BCUT2D eigenvalue weighted by Gasteiger charge is 2.12. The molecule has 0 saturated heterocycles. The van der Waals surface area contributed by atoms with E-state index in [1.54, 1.807) is 0 Å². The fourth-order valence-corrected chi connectivity index (χ4v) is 6.15. The van der Waals surface area contributed by atoms with E-state index in [0.717, 1.165) is 190 Å². The standard InChI is InChI=1S/C36H93N19/c37-1-8-44-12-13-48-17-25-51(22-5-41)26-18-49-20-31-54(29-15-46-10-3-39)36-34-53(24-7-43)28-19-50-21-32-55(30-16-47-11-4-40)35-33-52(23-6-42)27-14-45-9-2-38/h44-50H,1-43H2. The Morgan fingerprint density at radius 2 is 0.364 bits per heavy atom. The van der Waals surface area contributed by atoms with Gasteiger partial charge in [0.15, 0.2) is 0 Å². The van der Waals surface area contributed by atoms with Crippen molar-refractivity contribution in [2.75, 3.05) is 236 Å². The Morgan fingerprint density at radius 3 is 0.600 bits per heavy atom. The Labute approximate surface area is 337 Å². The van der Waals surface area contributed by atoms with E-state index < -0.39 is 0 Å². The lowest BCUT2D eigenvalue weighted by Gasteiger charge is -2.29. The summed E-state index contributed by atoms with van der Waals surface area (Å²) in [6.45, 7) is 32.0. The lowest BCUT2D eigenvalue weighted by Crippen LogP contribution is -2.46. The molecular formula is C36H93N19. The van der Waals surface area contributed by atoms with Gasteiger partial charge < -0.3 is 77.4 Å². The third kappa shape index (κ3) is 37.3. The molecule has 0 radical (unpaired) electrons. The van der Waals surface area contributed by atoms with Crippen molar-refractivity contribution in [1.82, 2.24) is 61.7 Å². The maximum atomic E-state index is 6.06. The summed E-state index contributed by atoms with van der Waals surface area (Å²) >= 11 is 0. The molecule has 0 aromatic heterocycles. The average molecular weight is 792 g/mol. The number of rotatable bonds is 47. The maximum Gasteiger partial charge on any atom is 0.0110 e. The third-order valence-electron chi connectivity index (χ3n) is 9.40. The van der Waals surface area contributed by atoms with Gasteiger partial charge in [0.05, 0.1) is 0 Å². The van der Waals surface area contributed by atoms with Crippen LogP contribution in [0.2, 0.25) is 0 Å². The fourth-order valence-electron chi connectivity index (χ4n) is 6.15. The van der Waals surface area contributed by atoms with Crippen LogP contribution in [-0.2, 0) is 0 Å². The largest absolute Gasteiger partial charge is 0.329 e. The molecule has 55 heavy (non-hydrogen) atoms. The molecular weight excluding hydrogens is 699 g/mol. The van der Waals surface area contributed by atoms with Gasteiger partial charge in [0, 0.05) is 236 Å². The molecule has 0 spiro atoms. The monoisotopic (exact) mass is 792 g/mol. The summed E-state index contributed by atoms with van der Waals surface area (Å²) < 4.78 is 0. The number of nitrogens with two attached hydrogens (primary N) is 7. The molecule has 0 rings (SSSR count). The molecule has 0 aromatic carbocycles. The predicted octanol–water partition coefficient (Wildman–Crippen LogP) is -7.67. The Kier molecular flexibility index (Phi) is 43.7. The molecule has 19 heteroatoms. The van der Waals surface area contributed by atoms with Gasteiger partial charge in [-0.3, -0.25) is 24.5 Å². The second-order valence-electron chi connectivity index (χ2n) is 14.0. The van der Waals surface area contributed by atoms with Crippen LogP contribution in [0.4, 0.5) is 0 Å². The van der Waals surface area contributed by atoms with Crippen LogP contribution in [0.3, 0.4) is 0 Å². The smallest absolute Gasteiger partial charge is 0.0110 e. The van der Waals surface area contributed by atoms with Crippen LogP contribution < -0.4 is 77.4 Å². The van der Waals surface area contributed by atoms with Gasteiger partial charge in [0.25, 0.3) is 0 Å². The Balaban J connectivity index is 4.76. The lowest BCUT2D eigenvalue weighted by molar-refractivity contribution is 0.198. The minimum atomic E-state index is 0.655. The van der Waals surface area contributed by atoms with Crippen molar-refractivity contribution in [2.45, 2.75) is 0 Å². The molecule has 21 N–H and O–H groups in total. The average Bonchev–Trinajstić information content (AvgIpc) is 3.19. The highest BCUT2D eigenvalue weighted by Crippen LogP contribution is 1.95. The van der Waals surface area contributed by atoms with Crippen molar-refractivity contribution >= 4 is 0 Å². The topological polar surface area (TPSA) is 283 Å². The number of hydrogen-bond acceptors (Lipinski definition) is 19. The zero-order valence-corrected chi connectivity index (χ0v) is 35.2. The molecule has 0 heterocycles. The van der Waals surface area contributed by atoms with Crippen LogP contribution in [0.25, 0.3) is 0 Å². The molecule has 0 unspecified atom stereocenters. The first kappa shape index (κ1) is 54.2. The van der Waals surface area contributed by atoms with Crippen molar-refractivity contribution in [3.05, 3.63) is 0 Å². The molecule has 0 aliphatic heterocycles. The van der Waals surface area contributed by atoms with Crippen LogP contribution >= 0.6 is 0 Å². The van der Waals surface area contributed by atoms with Crippen molar-refractivity contribution in [3.8, 4) is 0 Å². The first-order valence-electron chi connectivity index (χ1n) is 21.6. The van der Waals surface area contributed by atoms with E-state index in [1.807, 2.05) is 0 Å². The molecule has 0 saturated carbocycles. The lowest BCUT2D eigenvalue weighted by atomic mass is 10.3. The van der Waals surface area contributed by atoms with E-state index in [2.05, 4.69) is 61.7 Å². The molecule has 0 amide bonds. The summed E-state index contributed by atoms with van der Waals surface area (Å²) in [5, 5.41) is 24.5. The summed E-state index contributed by atoms with van der Waals surface area (Å²) in [6.07, 6.45) is 0. The predicted molar refractivity (Wildman–Crippen MR) is 236 cm³/mol. The highest BCUT2D eigenvalue weighted by atomic mass is 15.2. The van der Waals surface area contributed by atoms with Crippen molar-refractivity contribution in [1.29, 1.82) is 0 Å². The van der Waals surface area contributed by atoms with E-state index in [-0.39, 0.29) is 0 Å². The minimum Gasteiger partial charge on any atom is -0.329 e. The Hall–Kier alpha value is -0.760. The zero-order valence-electron chi connectivity index (χ0n) is 35.2. The van der Waals surface area contributed by atoms with E-state index in [1.165, 1.54) is 0 Å². The van der Waals surface area contributed by atoms with Gasteiger partial charge in [0.2, 0.25) is 0 Å². The van der Waals surface area contributed by atoms with E-state index >= 15 is 0 Å². The summed E-state index contributed by atoms with van der Waals surface area (Å²) in [4.78, 5) is 12.4. The van der Waals surface area contributed by atoms with Crippen LogP contribution in [0.5, 0.6) is 0 Å². The summed E-state index contributed by atoms with van der Waals surface area (Å²) in [5.74, 6) is 0. The number of hydrogen-bond donors (Lipinski definition) is 14. The fraction of sp³-hybridized carbons (Fsp3) is 1.00. The third-order valence-corrected chi connectivity index (χ3v) is 9.40. The van der Waals surface area contributed by atoms with Gasteiger partial charge in [-0.1, -0.05) is 0 Å². The van der Waals surface area contributed by atoms with Gasteiger partial charge in [-0.15, -0.1) is 0 Å².